The third-order valence-corrected chi connectivity index (χ3v) is 4.71. The van der Waals surface area contributed by atoms with E-state index >= 15 is 0 Å². The van der Waals surface area contributed by atoms with Crippen molar-refractivity contribution >= 4 is 34.8 Å². The fraction of sp³-hybridized carbons (Fsp3) is 0.222. The fourth-order valence-corrected chi connectivity index (χ4v) is 3.46. The van der Waals surface area contributed by atoms with E-state index in [1.807, 2.05) is 18.2 Å². The Morgan fingerprint density at radius 1 is 1.04 bits per heavy atom. The minimum absolute atomic E-state index is 0.178. The van der Waals surface area contributed by atoms with Gasteiger partial charge in [0.2, 0.25) is 0 Å². The molecular formula is C18H17FN4OS. The maximum Gasteiger partial charge on any atom is 0.256 e. The molecule has 1 amide bonds. The van der Waals surface area contributed by atoms with E-state index in [1.165, 1.54) is 12.1 Å². The number of H-pyrrole nitrogens is 2. The minimum atomic E-state index is -0.455. The number of imidazole rings is 1. The van der Waals surface area contributed by atoms with E-state index in [9.17, 15) is 9.18 Å². The Kier molecular flexibility index (Phi) is 4.01. The van der Waals surface area contributed by atoms with Crippen LogP contribution in [0.3, 0.4) is 0 Å². The van der Waals surface area contributed by atoms with Crippen molar-refractivity contribution in [2.75, 3.05) is 31.1 Å². The molecule has 0 bridgehead atoms. The lowest BCUT2D eigenvalue weighted by molar-refractivity contribution is 0.0748. The van der Waals surface area contributed by atoms with Crippen molar-refractivity contribution in [1.82, 2.24) is 14.9 Å². The van der Waals surface area contributed by atoms with E-state index in [0.29, 0.717) is 34.5 Å². The maximum atomic E-state index is 13.9. The number of hydrogen-bond acceptors (Lipinski definition) is 3. The second-order valence-electron chi connectivity index (χ2n) is 6.07. The molecule has 2 heterocycles. The third-order valence-electron chi connectivity index (χ3n) is 4.51. The number of benzene rings is 2. The van der Waals surface area contributed by atoms with Crippen LogP contribution in [-0.2, 0) is 0 Å². The van der Waals surface area contributed by atoms with Crippen LogP contribution < -0.4 is 4.90 Å². The third kappa shape index (κ3) is 3.02. The molecule has 0 radical (unpaired) electrons. The smallest absolute Gasteiger partial charge is 0.256 e. The van der Waals surface area contributed by atoms with Crippen LogP contribution in [0.5, 0.6) is 0 Å². The number of hydrogen-bond donors (Lipinski definition) is 2. The van der Waals surface area contributed by atoms with Crippen LogP contribution in [0.1, 0.15) is 10.4 Å². The molecule has 1 aliphatic rings. The molecule has 7 heteroatoms. The van der Waals surface area contributed by atoms with Crippen molar-refractivity contribution in [3.05, 3.63) is 58.6 Å². The monoisotopic (exact) mass is 356 g/mol. The van der Waals surface area contributed by atoms with Gasteiger partial charge in [-0.3, -0.25) is 4.79 Å². The SMILES string of the molecule is O=C(c1cc(F)cc2[nH]c(=S)[nH]c12)N1CCN(c2ccccc2)CC1. The highest BCUT2D eigenvalue weighted by molar-refractivity contribution is 7.71. The van der Waals surface area contributed by atoms with Gasteiger partial charge in [-0.2, -0.15) is 0 Å². The number of halogens is 1. The summed E-state index contributed by atoms with van der Waals surface area (Å²) < 4.78 is 14.2. The van der Waals surface area contributed by atoms with Crippen LogP contribution in [0.15, 0.2) is 42.5 Å². The molecule has 0 spiro atoms. The van der Waals surface area contributed by atoms with Gasteiger partial charge in [0.1, 0.15) is 5.82 Å². The number of carbonyl (C=O) groups excluding carboxylic acids is 1. The van der Waals surface area contributed by atoms with Crippen LogP contribution in [-0.4, -0.2) is 47.0 Å². The number of carbonyl (C=O) groups is 1. The zero-order valence-electron chi connectivity index (χ0n) is 13.5. The highest BCUT2D eigenvalue weighted by Crippen LogP contribution is 2.21. The summed E-state index contributed by atoms with van der Waals surface area (Å²) >= 11 is 5.06. The molecule has 1 aliphatic heterocycles. The van der Waals surface area contributed by atoms with Gasteiger partial charge in [0.25, 0.3) is 5.91 Å². The van der Waals surface area contributed by atoms with Crippen LogP contribution in [0, 0.1) is 10.6 Å². The molecule has 1 fully saturated rings. The van der Waals surface area contributed by atoms with Crippen molar-refractivity contribution in [3.63, 3.8) is 0 Å². The summed E-state index contributed by atoms with van der Waals surface area (Å²) in [4.78, 5) is 22.7. The molecule has 1 saturated heterocycles. The number of para-hydroxylation sites is 1. The second kappa shape index (κ2) is 6.33. The average molecular weight is 356 g/mol. The van der Waals surface area contributed by atoms with Gasteiger partial charge in [-0.05, 0) is 36.5 Å². The van der Waals surface area contributed by atoms with Crippen LogP contribution in [0.4, 0.5) is 10.1 Å². The molecule has 2 aromatic carbocycles. The van der Waals surface area contributed by atoms with Crippen LogP contribution >= 0.6 is 12.2 Å². The Bertz CT molecular complexity index is 974. The summed E-state index contributed by atoms with van der Waals surface area (Å²) in [5.41, 5.74) is 2.53. The standard InChI is InChI=1S/C18H17FN4OS/c19-12-10-14(16-15(11-12)20-18(25)21-16)17(24)23-8-6-22(7-9-23)13-4-2-1-3-5-13/h1-5,10-11H,6-9H2,(H2,20,21,25). The molecule has 3 aromatic rings. The number of rotatable bonds is 2. The first-order chi connectivity index (χ1) is 12.1. The molecule has 4 rings (SSSR count). The Morgan fingerprint density at radius 3 is 2.48 bits per heavy atom. The highest BCUT2D eigenvalue weighted by atomic mass is 32.1. The lowest BCUT2D eigenvalue weighted by Gasteiger charge is -2.36. The largest absolute Gasteiger partial charge is 0.368 e. The van der Waals surface area contributed by atoms with E-state index in [2.05, 4.69) is 27.0 Å². The molecule has 25 heavy (non-hydrogen) atoms. The zero-order valence-corrected chi connectivity index (χ0v) is 14.3. The second-order valence-corrected chi connectivity index (χ2v) is 6.48. The van der Waals surface area contributed by atoms with E-state index in [4.69, 9.17) is 12.2 Å². The lowest BCUT2D eigenvalue weighted by Crippen LogP contribution is -2.48. The van der Waals surface area contributed by atoms with Gasteiger partial charge in [0.15, 0.2) is 4.77 Å². The quantitative estimate of drug-likeness (QED) is 0.693. The number of aromatic nitrogens is 2. The van der Waals surface area contributed by atoms with Gasteiger partial charge in [-0.1, -0.05) is 18.2 Å². The van der Waals surface area contributed by atoms with Crippen molar-refractivity contribution in [2.45, 2.75) is 0 Å². The van der Waals surface area contributed by atoms with Crippen molar-refractivity contribution in [1.29, 1.82) is 0 Å². The number of piperazine rings is 1. The fourth-order valence-electron chi connectivity index (χ4n) is 3.25. The predicted octanol–water partition coefficient (Wildman–Crippen LogP) is 3.33. The number of nitrogens with one attached hydrogen (secondary N) is 2. The summed E-state index contributed by atoms with van der Waals surface area (Å²) in [5.74, 6) is -0.633. The number of anilines is 1. The lowest BCUT2D eigenvalue weighted by atomic mass is 10.1. The Morgan fingerprint density at radius 2 is 1.76 bits per heavy atom. The summed E-state index contributed by atoms with van der Waals surface area (Å²) in [6, 6.07) is 12.7. The van der Waals surface area contributed by atoms with E-state index < -0.39 is 5.82 Å². The van der Waals surface area contributed by atoms with Crippen LogP contribution in [0.25, 0.3) is 11.0 Å². The molecule has 0 aliphatic carbocycles. The molecular weight excluding hydrogens is 339 g/mol. The first-order valence-electron chi connectivity index (χ1n) is 8.12. The van der Waals surface area contributed by atoms with Crippen molar-refractivity contribution in [3.8, 4) is 0 Å². The van der Waals surface area contributed by atoms with Crippen molar-refractivity contribution < 1.29 is 9.18 Å². The number of aromatic amines is 2. The van der Waals surface area contributed by atoms with E-state index in [-0.39, 0.29) is 5.91 Å². The van der Waals surface area contributed by atoms with Gasteiger partial charge >= 0.3 is 0 Å². The maximum absolute atomic E-state index is 13.9. The van der Waals surface area contributed by atoms with Gasteiger partial charge in [0.05, 0.1) is 16.6 Å². The minimum Gasteiger partial charge on any atom is -0.368 e. The summed E-state index contributed by atoms with van der Waals surface area (Å²) in [5, 5.41) is 0. The van der Waals surface area contributed by atoms with E-state index in [1.54, 1.807) is 4.90 Å². The average Bonchev–Trinajstić information content (AvgIpc) is 3.01. The first kappa shape index (κ1) is 15.8. The normalized spacial score (nSPS) is 14.9. The first-order valence-corrected chi connectivity index (χ1v) is 8.53. The zero-order chi connectivity index (χ0) is 17.4. The van der Waals surface area contributed by atoms with Crippen molar-refractivity contribution in [2.24, 2.45) is 0 Å². The number of nitrogens with zero attached hydrogens (tertiary/aromatic N) is 2. The van der Waals surface area contributed by atoms with Gasteiger partial charge < -0.3 is 19.8 Å². The summed E-state index contributed by atoms with van der Waals surface area (Å²) in [6.07, 6.45) is 0. The number of fused-ring (bicyclic) bond motifs is 1. The Labute approximate surface area is 149 Å². The number of amides is 1. The molecule has 0 unspecified atom stereocenters. The summed E-state index contributed by atoms with van der Waals surface area (Å²) in [6.45, 7) is 2.68. The van der Waals surface area contributed by atoms with Gasteiger partial charge in [-0.25, -0.2) is 4.39 Å². The predicted molar refractivity (Wildman–Crippen MR) is 98.0 cm³/mol. The van der Waals surface area contributed by atoms with Gasteiger partial charge in [-0.15, -0.1) is 0 Å². The highest BCUT2D eigenvalue weighted by Gasteiger charge is 2.24. The van der Waals surface area contributed by atoms with E-state index in [0.717, 1.165) is 18.8 Å². The molecule has 0 saturated carbocycles. The van der Waals surface area contributed by atoms with Gasteiger partial charge in [0, 0.05) is 31.9 Å². The topological polar surface area (TPSA) is 55.1 Å². The molecule has 128 valence electrons. The molecule has 2 N–H and O–H groups in total. The molecule has 1 aromatic heterocycles. The Balaban J connectivity index is 1.56. The van der Waals surface area contributed by atoms with Crippen LogP contribution in [0.2, 0.25) is 0 Å². The Hall–Kier alpha value is -2.67. The summed E-state index contributed by atoms with van der Waals surface area (Å²) in [7, 11) is 0. The molecule has 0 atom stereocenters. The molecule has 5 nitrogen and oxygen atoms in total.